The van der Waals surface area contributed by atoms with E-state index in [1.165, 1.54) is 4.90 Å². The molecule has 1 aliphatic rings. The van der Waals surface area contributed by atoms with E-state index in [0.29, 0.717) is 11.4 Å². The van der Waals surface area contributed by atoms with Crippen molar-refractivity contribution in [3.63, 3.8) is 0 Å². The molecule has 3 amide bonds. The number of H-pyrrole nitrogens is 1. The minimum atomic E-state index is -0.619. The number of anilines is 1. The van der Waals surface area contributed by atoms with Crippen LogP contribution in [0.3, 0.4) is 0 Å². The van der Waals surface area contributed by atoms with Gasteiger partial charge in [-0.25, -0.2) is 4.79 Å². The monoisotopic (exact) mass is 297 g/mol. The molecule has 112 valence electrons. The van der Waals surface area contributed by atoms with Crippen LogP contribution in [0.2, 0.25) is 0 Å². The molecule has 1 aromatic heterocycles. The van der Waals surface area contributed by atoms with E-state index in [4.69, 9.17) is 0 Å². The van der Waals surface area contributed by atoms with Crippen LogP contribution in [0.25, 0.3) is 0 Å². The molecular formula is C16H15N3O3. The second kappa shape index (κ2) is 5.48. The predicted molar refractivity (Wildman–Crippen MR) is 80.6 cm³/mol. The molecule has 0 unspecified atom stereocenters. The molecule has 22 heavy (non-hydrogen) atoms. The van der Waals surface area contributed by atoms with E-state index in [1.807, 2.05) is 6.07 Å². The molecule has 0 saturated carbocycles. The molecule has 1 aromatic carbocycles. The third kappa shape index (κ3) is 2.28. The molecule has 1 atom stereocenters. The molecule has 0 aliphatic carbocycles. The summed E-state index contributed by atoms with van der Waals surface area (Å²) in [7, 11) is 0. The van der Waals surface area contributed by atoms with Gasteiger partial charge in [-0.2, -0.15) is 0 Å². The molecule has 1 saturated heterocycles. The lowest BCUT2D eigenvalue weighted by Crippen LogP contribution is -2.37. The van der Waals surface area contributed by atoms with Crippen LogP contribution in [0.5, 0.6) is 0 Å². The summed E-state index contributed by atoms with van der Waals surface area (Å²) in [6.07, 6.45) is 1.62. The molecule has 1 fully saturated rings. The van der Waals surface area contributed by atoms with Gasteiger partial charge in [0.25, 0.3) is 5.91 Å². The minimum Gasteiger partial charge on any atom is -0.359 e. The second-order valence-electron chi connectivity index (χ2n) is 5.10. The minimum absolute atomic E-state index is 0.258. The summed E-state index contributed by atoms with van der Waals surface area (Å²) in [4.78, 5) is 42.1. The van der Waals surface area contributed by atoms with Gasteiger partial charge in [-0.3, -0.25) is 19.4 Å². The number of nitrogens with one attached hydrogen (secondary N) is 1. The Morgan fingerprint density at radius 3 is 2.50 bits per heavy atom. The smallest absolute Gasteiger partial charge is 0.332 e. The van der Waals surface area contributed by atoms with Gasteiger partial charge < -0.3 is 4.98 Å². The normalized spacial score (nSPS) is 18.1. The molecule has 1 aliphatic heterocycles. The van der Waals surface area contributed by atoms with Crippen molar-refractivity contribution in [2.75, 3.05) is 11.4 Å². The van der Waals surface area contributed by atoms with Gasteiger partial charge in [0.05, 0.1) is 12.2 Å². The summed E-state index contributed by atoms with van der Waals surface area (Å²) < 4.78 is 0. The fourth-order valence-electron chi connectivity index (χ4n) is 2.53. The van der Waals surface area contributed by atoms with Crippen molar-refractivity contribution in [1.82, 2.24) is 9.88 Å². The lowest BCUT2D eigenvalue weighted by Gasteiger charge is -2.19. The molecule has 0 bridgehead atoms. The number of amides is 3. The predicted octanol–water partition coefficient (Wildman–Crippen LogP) is 2.05. The first-order chi connectivity index (χ1) is 10.6. The van der Waals surface area contributed by atoms with Crippen molar-refractivity contribution in [3.05, 3.63) is 54.4 Å². The number of ketones is 1. The van der Waals surface area contributed by atoms with Crippen LogP contribution in [0.4, 0.5) is 10.5 Å². The maximum Gasteiger partial charge on any atom is 0.332 e. The van der Waals surface area contributed by atoms with Gasteiger partial charge in [0, 0.05) is 11.9 Å². The zero-order valence-electron chi connectivity index (χ0n) is 12.0. The fourth-order valence-corrected chi connectivity index (χ4v) is 2.53. The summed E-state index contributed by atoms with van der Waals surface area (Å²) in [5.41, 5.74) is 1.02. The van der Waals surface area contributed by atoms with Gasteiger partial charge in [0.1, 0.15) is 6.04 Å². The number of para-hydroxylation sites is 1. The molecular weight excluding hydrogens is 282 g/mol. The van der Waals surface area contributed by atoms with E-state index in [9.17, 15) is 14.4 Å². The van der Waals surface area contributed by atoms with Gasteiger partial charge >= 0.3 is 6.03 Å². The van der Waals surface area contributed by atoms with Crippen molar-refractivity contribution in [3.8, 4) is 0 Å². The number of imide groups is 1. The first-order valence-corrected chi connectivity index (χ1v) is 6.96. The Morgan fingerprint density at radius 2 is 1.86 bits per heavy atom. The molecule has 2 heterocycles. The number of hydrogen-bond donors (Lipinski definition) is 1. The molecule has 2 aromatic rings. The summed E-state index contributed by atoms with van der Waals surface area (Å²) in [6.45, 7) is 1.40. The lowest BCUT2D eigenvalue weighted by atomic mass is 10.2. The highest BCUT2D eigenvalue weighted by molar-refractivity contribution is 6.16. The van der Waals surface area contributed by atoms with Gasteiger partial charge in [0.15, 0.2) is 5.78 Å². The Labute approximate surface area is 127 Å². The number of hydrogen-bond acceptors (Lipinski definition) is 3. The first-order valence-electron chi connectivity index (χ1n) is 6.96. The summed E-state index contributed by atoms with van der Waals surface area (Å²) in [6, 6.07) is 11.2. The molecule has 6 nitrogen and oxygen atoms in total. The van der Waals surface area contributed by atoms with Crippen LogP contribution in [0, 0.1) is 0 Å². The largest absolute Gasteiger partial charge is 0.359 e. The number of nitrogens with zero attached hydrogens (tertiary/aromatic N) is 2. The van der Waals surface area contributed by atoms with Gasteiger partial charge in [-0.05, 0) is 31.2 Å². The van der Waals surface area contributed by atoms with Crippen molar-refractivity contribution in [1.29, 1.82) is 0 Å². The van der Waals surface area contributed by atoms with E-state index in [1.54, 1.807) is 49.5 Å². The zero-order valence-corrected chi connectivity index (χ0v) is 12.0. The Balaban J connectivity index is 1.83. The quantitative estimate of drug-likeness (QED) is 0.693. The van der Waals surface area contributed by atoms with Crippen molar-refractivity contribution >= 4 is 23.4 Å². The molecule has 1 N–H and O–H groups in total. The van der Waals surface area contributed by atoms with Crippen LogP contribution in [0.15, 0.2) is 48.7 Å². The zero-order chi connectivity index (χ0) is 15.7. The first kappa shape index (κ1) is 14.1. The van der Waals surface area contributed by atoms with Gasteiger partial charge in [0.2, 0.25) is 0 Å². The van der Waals surface area contributed by atoms with E-state index < -0.39 is 12.1 Å². The Bertz CT molecular complexity index is 710. The Hall–Kier alpha value is -2.89. The van der Waals surface area contributed by atoms with E-state index >= 15 is 0 Å². The van der Waals surface area contributed by atoms with Crippen LogP contribution in [-0.2, 0) is 4.79 Å². The number of benzene rings is 1. The third-order valence-electron chi connectivity index (χ3n) is 3.68. The number of carbonyl (C=O) groups excluding carboxylic acids is 3. The molecule has 0 radical (unpaired) electrons. The highest BCUT2D eigenvalue weighted by atomic mass is 16.2. The average molecular weight is 297 g/mol. The number of aromatic nitrogens is 1. The third-order valence-corrected chi connectivity index (χ3v) is 3.68. The maximum absolute atomic E-state index is 12.5. The van der Waals surface area contributed by atoms with Crippen molar-refractivity contribution in [2.45, 2.75) is 13.0 Å². The highest BCUT2D eigenvalue weighted by Crippen LogP contribution is 2.25. The number of aromatic amines is 1. The second-order valence-corrected chi connectivity index (χ2v) is 5.10. The molecule has 0 spiro atoms. The van der Waals surface area contributed by atoms with Crippen molar-refractivity contribution < 1.29 is 14.4 Å². The van der Waals surface area contributed by atoms with Gasteiger partial charge in [-0.1, -0.05) is 18.2 Å². The van der Waals surface area contributed by atoms with Crippen LogP contribution >= 0.6 is 0 Å². The number of rotatable bonds is 4. The Kier molecular flexibility index (Phi) is 3.50. The summed E-state index contributed by atoms with van der Waals surface area (Å²) in [5.74, 6) is -0.664. The number of urea groups is 1. The van der Waals surface area contributed by atoms with Crippen molar-refractivity contribution in [2.24, 2.45) is 0 Å². The van der Waals surface area contributed by atoms with E-state index in [-0.39, 0.29) is 18.2 Å². The standard InChI is InChI=1S/C16H15N3O3/c1-11-15(21)18(10-14(20)13-8-5-9-17-13)16(22)19(11)12-6-3-2-4-7-12/h2-9,11,17H,10H2,1H3/t11-/m1/s1. The van der Waals surface area contributed by atoms with E-state index in [2.05, 4.69) is 4.98 Å². The van der Waals surface area contributed by atoms with Crippen LogP contribution < -0.4 is 4.90 Å². The average Bonchev–Trinajstić information content (AvgIpc) is 3.13. The lowest BCUT2D eigenvalue weighted by molar-refractivity contribution is -0.126. The van der Waals surface area contributed by atoms with Crippen LogP contribution in [-0.4, -0.2) is 40.2 Å². The maximum atomic E-state index is 12.5. The topological polar surface area (TPSA) is 73.5 Å². The van der Waals surface area contributed by atoms with E-state index in [0.717, 1.165) is 4.90 Å². The molecule has 3 rings (SSSR count). The summed E-state index contributed by atoms with van der Waals surface area (Å²) >= 11 is 0. The number of Topliss-reactive ketones (excluding diaryl/α,β-unsaturated/α-hetero) is 1. The Morgan fingerprint density at radius 1 is 1.14 bits per heavy atom. The molecule has 6 heteroatoms. The highest BCUT2D eigenvalue weighted by Gasteiger charge is 2.44. The van der Waals surface area contributed by atoms with Gasteiger partial charge in [-0.15, -0.1) is 0 Å². The summed E-state index contributed by atoms with van der Waals surface area (Å²) in [5, 5.41) is 0. The SMILES string of the molecule is C[C@@H]1C(=O)N(CC(=O)c2ccc[nH]2)C(=O)N1c1ccccc1. The fraction of sp³-hybridized carbons (Fsp3) is 0.188. The number of carbonyl (C=O) groups is 3. The van der Waals surface area contributed by atoms with Crippen LogP contribution in [0.1, 0.15) is 17.4 Å².